The molecule has 3 N–H and O–H groups in total. The maximum Gasteiger partial charge on any atom is 0.167 e. The molecule has 0 bridgehead atoms. The molecule has 1 aromatic carbocycles. The molecular formula is C15H20N2O2+2. The van der Waals surface area contributed by atoms with Crippen molar-refractivity contribution in [2.24, 2.45) is 0 Å². The zero-order chi connectivity index (χ0) is 13.5. The van der Waals surface area contributed by atoms with E-state index >= 15 is 0 Å². The van der Waals surface area contributed by atoms with E-state index in [1.54, 1.807) is 14.2 Å². The SMILES string of the molecule is COc1ccc(C[NH2+]Cc2cc[nH+]cc2)cc1OC. The topological polar surface area (TPSA) is 49.2 Å². The van der Waals surface area contributed by atoms with Crippen LogP contribution in [0.2, 0.25) is 0 Å². The number of benzene rings is 1. The summed E-state index contributed by atoms with van der Waals surface area (Å²) in [5.74, 6) is 1.55. The molecule has 2 aromatic rings. The summed E-state index contributed by atoms with van der Waals surface area (Å²) >= 11 is 0. The van der Waals surface area contributed by atoms with Crippen LogP contribution in [0, 0.1) is 0 Å². The normalized spacial score (nSPS) is 10.2. The lowest BCUT2D eigenvalue weighted by atomic mass is 10.2. The van der Waals surface area contributed by atoms with E-state index in [1.165, 1.54) is 11.1 Å². The summed E-state index contributed by atoms with van der Waals surface area (Å²) in [5, 5.41) is 2.26. The number of hydrogen-bond donors (Lipinski definition) is 1. The van der Waals surface area contributed by atoms with Gasteiger partial charge in [-0.05, 0) is 18.2 Å². The van der Waals surface area contributed by atoms with Crippen molar-refractivity contribution in [2.45, 2.75) is 13.1 Å². The van der Waals surface area contributed by atoms with Gasteiger partial charge in [0.05, 0.1) is 14.2 Å². The fourth-order valence-electron chi connectivity index (χ4n) is 1.97. The van der Waals surface area contributed by atoms with Gasteiger partial charge in [-0.25, -0.2) is 4.98 Å². The van der Waals surface area contributed by atoms with E-state index in [0.717, 1.165) is 24.6 Å². The Balaban J connectivity index is 1.93. The second-order valence-corrected chi connectivity index (χ2v) is 4.29. The maximum absolute atomic E-state index is 5.30. The molecule has 0 fully saturated rings. The maximum atomic E-state index is 5.30. The number of nitrogens with one attached hydrogen (secondary N) is 1. The average Bonchev–Trinajstić information content (AvgIpc) is 2.48. The lowest BCUT2D eigenvalue weighted by Crippen LogP contribution is -2.80. The van der Waals surface area contributed by atoms with Gasteiger partial charge >= 0.3 is 0 Å². The Kier molecular flexibility index (Phi) is 4.75. The highest BCUT2D eigenvalue weighted by Crippen LogP contribution is 2.27. The molecular weight excluding hydrogens is 240 g/mol. The highest BCUT2D eigenvalue weighted by Gasteiger charge is 2.05. The Morgan fingerprint density at radius 2 is 1.58 bits per heavy atom. The largest absolute Gasteiger partial charge is 0.493 e. The highest BCUT2D eigenvalue weighted by atomic mass is 16.5. The smallest absolute Gasteiger partial charge is 0.167 e. The molecule has 100 valence electrons. The minimum atomic E-state index is 0.768. The van der Waals surface area contributed by atoms with Crippen molar-refractivity contribution in [3.63, 3.8) is 0 Å². The molecule has 1 aromatic heterocycles. The Hall–Kier alpha value is -2.07. The minimum Gasteiger partial charge on any atom is -0.493 e. The first-order valence-corrected chi connectivity index (χ1v) is 6.31. The van der Waals surface area contributed by atoms with Crippen LogP contribution in [0.1, 0.15) is 11.1 Å². The fraction of sp³-hybridized carbons (Fsp3) is 0.267. The summed E-state index contributed by atoms with van der Waals surface area (Å²) in [7, 11) is 3.31. The van der Waals surface area contributed by atoms with Gasteiger partial charge in [-0.2, -0.15) is 0 Å². The zero-order valence-corrected chi connectivity index (χ0v) is 11.3. The molecule has 0 spiro atoms. The van der Waals surface area contributed by atoms with E-state index in [2.05, 4.69) is 28.5 Å². The summed E-state index contributed by atoms with van der Waals surface area (Å²) in [6, 6.07) is 10.2. The van der Waals surface area contributed by atoms with Crippen molar-refractivity contribution in [2.75, 3.05) is 14.2 Å². The van der Waals surface area contributed by atoms with Gasteiger partial charge in [0.25, 0.3) is 0 Å². The van der Waals surface area contributed by atoms with Crippen molar-refractivity contribution in [1.82, 2.24) is 0 Å². The molecule has 0 saturated carbocycles. The van der Waals surface area contributed by atoms with E-state index in [-0.39, 0.29) is 0 Å². The minimum absolute atomic E-state index is 0.768. The third-order valence-corrected chi connectivity index (χ3v) is 3.00. The predicted octanol–water partition coefficient (Wildman–Crippen LogP) is 0.781. The van der Waals surface area contributed by atoms with Crippen LogP contribution in [-0.4, -0.2) is 14.2 Å². The third-order valence-electron chi connectivity index (χ3n) is 3.00. The molecule has 0 radical (unpaired) electrons. The molecule has 0 aliphatic heterocycles. The Bertz CT molecular complexity index is 515. The first-order chi connectivity index (χ1) is 9.33. The zero-order valence-electron chi connectivity index (χ0n) is 11.3. The van der Waals surface area contributed by atoms with Gasteiger partial charge in [0, 0.05) is 23.3 Å². The number of pyridine rings is 1. The van der Waals surface area contributed by atoms with Crippen molar-refractivity contribution < 1.29 is 19.8 Å². The van der Waals surface area contributed by atoms with Crippen LogP contribution in [0.4, 0.5) is 0 Å². The number of ether oxygens (including phenoxy) is 2. The summed E-state index contributed by atoms with van der Waals surface area (Å²) in [4.78, 5) is 3.02. The van der Waals surface area contributed by atoms with Gasteiger partial charge < -0.3 is 14.8 Å². The molecule has 0 atom stereocenters. The number of rotatable bonds is 6. The molecule has 19 heavy (non-hydrogen) atoms. The van der Waals surface area contributed by atoms with Crippen LogP contribution in [0.5, 0.6) is 11.5 Å². The predicted molar refractivity (Wildman–Crippen MR) is 71.9 cm³/mol. The standard InChI is InChI=1S/C15H18N2O2/c1-18-14-4-3-13(9-15(14)19-2)11-17-10-12-5-7-16-8-6-12/h3-9,17H,10-11H2,1-2H3/p+2. The van der Waals surface area contributed by atoms with Crippen LogP contribution < -0.4 is 19.8 Å². The van der Waals surface area contributed by atoms with Crippen LogP contribution in [0.25, 0.3) is 0 Å². The monoisotopic (exact) mass is 260 g/mol. The molecule has 0 aliphatic carbocycles. The number of nitrogens with two attached hydrogens (primary N) is 1. The summed E-state index contributed by atoms with van der Waals surface area (Å²) in [6.45, 7) is 1.88. The Labute approximate surface area is 113 Å². The number of methoxy groups -OCH3 is 2. The molecule has 2 rings (SSSR count). The first-order valence-electron chi connectivity index (χ1n) is 6.31. The number of aromatic amines is 1. The van der Waals surface area contributed by atoms with Gasteiger partial charge in [0.1, 0.15) is 13.1 Å². The molecule has 1 heterocycles. The Morgan fingerprint density at radius 1 is 0.895 bits per heavy atom. The van der Waals surface area contributed by atoms with Gasteiger partial charge in [-0.3, -0.25) is 0 Å². The summed E-state index contributed by atoms with van der Waals surface area (Å²) in [6.07, 6.45) is 3.89. The number of hydrogen-bond acceptors (Lipinski definition) is 2. The van der Waals surface area contributed by atoms with Gasteiger partial charge in [-0.1, -0.05) is 0 Å². The lowest BCUT2D eigenvalue weighted by molar-refractivity contribution is -0.686. The highest BCUT2D eigenvalue weighted by molar-refractivity contribution is 5.42. The van der Waals surface area contributed by atoms with Crippen LogP contribution in [0.3, 0.4) is 0 Å². The van der Waals surface area contributed by atoms with Crippen molar-refractivity contribution in [1.29, 1.82) is 0 Å². The van der Waals surface area contributed by atoms with E-state index < -0.39 is 0 Å². The summed E-state index contributed by atoms with van der Waals surface area (Å²) < 4.78 is 10.5. The van der Waals surface area contributed by atoms with E-state index in [4.69, 9.17) is 9.47 Å². The van der Waals surface area contributed by atoms with Crippen molar-refractivity contribution >= 4 is 0 Å². The second-order valence-electron chi connectivity index (χ2n) is 4.29. The molecule has 0 saturated heterocycles. The molecule has 0 aliphatic rings. The summed E-state index contributed by atoms with van der Waals surface area (Å²) in [5.41, 5.74) is 2.53. The van der Waals surface area contributed by atoms with Gasteiger partial charge in [0.2, 0.25) is 0 Å². The van der Waals surface area contributed by atoms with E-state index in [0.29, 0.717) is 0 Å². The number of quaternary nitrogens is 1. The average molecular weight is 260 g/mol. The molecule has 4 nitrogen and oxygen atoms in total. The van der Waals surface area contributed by atoms with E-state index in [1.807, 2.05) is 24.5 Å². The Morgan fingerprint density at radius 3 is 2.26 bits per heavy atom. The molecule has 4 heteroatoms. The number of aromatic nitrogens is 1. The fourth-order valence-corrected chi connectivity index (χ4v) is 1.97. The first kappa shape index (κ1) is 13.4. The third kappa shape index (κ3) is 3.69. The molecule has 0 unspecified atom stereocenters. The second kappa shape index (κ2) is 6.75. The van der Waals surface area contributed by atoms with Crippen LogP contribution >= 0.6 is 0 Å². The quantitative estimate of drug-likeness (QED) is 0.834. The van der Waals surface area contributed by atoms with Gasteiger partial charge in [0.15, 0.2) is 23.9 Å². The van der Waals surface area contributed by atoms with Crippen LogP contribution in [0.15, 0.2) is 42.7 Å². The lowest BCUT2D eigenvalue weighted by Gasteiger charge is -2.09. The van der Waals surface area contributed by atoms with Crippen molar-refractivity contribution in [3.8, 4) is 11.5 Å². The number of H-pyrrole nitrogens is 1. The van der Waals surface area contributed by atoms with Crippen LogP contribution in [-0.2, 0) is 13.1 Å². The molecule has 0 amide bonds. The van der Waals surface area contributed by atoms with Gasteiger partial charge in [-0.15, -0.1) is 0 Å². The van der Waals surface area contributed by atoms with E-state index in [9.17, 15) is 0 Å². The van der Waals surface area contributed by atoms with Crippen molar-refractivity contribution in [3.05, 3.63) is 53.9 Å².